The van der Waals surface area contributed by atoms with E-state index >= 15 is 0 Å². The zero-order valence-corrected chi connectivity index (χ0v) is 15.4. The summed E-state index contributed by atoms with van der Waals surface area (Å²) in [6, 6.07) is 18.3. The summed E-state index contributed by atoms with van der Waals surface area (Å²) in [6.45, 7) is 5.58. The van der Waals surface area contributed by atoms with Crippen molar-refractivity contribution < 1.29 is 4.84 Å². The van der Waals surface area contributed by atoms with Crippen molar-refractivity contribution in [3.8, 4) is 0 Å². The monoisotopic (exact) mass is 347 g/mol. The molecule has 3 aromatic rings. The molecule has 0 fully saturated rings. The van der Waals surface area contributed by atoms with E-state index in [-0.39, 0.29) is 0 Å². The van der Waals surface area contributed by atoms with Gasteiger partial charge in [-0.05, 0) is 44.4 Å². The molecule has 0 unspecified atom stereocenters. The number of aromatic nitrogens is 2. The Morgan fingerprint density at radius 2 is 1.88 bits per heavy atom. The van der Waals surface area contributed by atoms with Crippen molar-refractivity contribution >= 4 is 17.2 Å². The van der Waals surface area contributed by atoms with Crippen molar-refractivity contribution in [2.24, 2.45) is 5.16 Å². The van der Waals surface area contributed by atoms with Crippen LogP contribution in [0.5, 0.6) is 0 Å². The molecule has 0 saturated heterocycles. The molecule has 134 valence electrons. The summed E-state index contributed by atoms with van der Waals surface area (Å²) in [7, 11) is 0. The highest BCUT2D eigenvalue weighted by atomic mass is 16.6. The van der Waals surface area contributed by atoms with Crippen molar-refractivity contribution in [2.75, 3.05) is 0 Å². The fourth-order valence-electron chi connectivity index (χ4n) is 2.86. The molecule has 3 rings (SSSR count). The van der Waals surface area contributed by atoms with Crippen LogP contribution in [-0.2, 0) is 18.0 Å². The van der Waals surface area contributed by atoms with Gasteiger partial charge < -0.3 is 9.40 Å². The van der Waals surface area contributed by atoms with Gasteiger partial charge in [0.15, 0.2) is 0 Å². The van der Waals surface area contributed by atoms with E-state index in [1.807, 2.05) is 42.6 Å². The van der Waals surface area contributed by atoms with Crippen molar-refractivity contribution in [3.63, 3.8) is 0 Å². The van der Waals surface area contributed by atoms with Gasteiger partial charge >= 0.3 is 0 Å². The summed E-state index contributed by atoms with van der Waals surface area (Å²) in [5.74, 6) is 1.05. The van der Waals surface area contributed by atoms with E-state index < -0.39 is 0 Å². The van der Waals surface area contributed by atoms with Gasteiger partial charge in [-0.3, -0.25) is 0 Å². The number of nitrogens with zero attached hydrogens (tertiary/aromatic N) is 3. The second-order valence-electron chi connectivity index (χ2n) is 6.39. The van der Waals surface area contributed by atoms with Gasteiger partial charge in [0.1, 0.15) is 12.4 Å². The molecule has 0 amide bonds. The lowest BCUT2D eigenvalue weighted by molar-refractivity contribution is 0.131. The summed E-state index contributed by atoms with van der Waals surface area (Å²) >= 11 is 0. The van der Waals surface area contributed by atoms with E-state index in [0.717, 1.165) is 36.3 Å². The number of fused-ring (bicyclic) bond motifs is 1. The summed E-state index contributed by atoms with van der Waals surface area (Å²) in [5, 5.41) is 4.04. The molecule has 0 spiro atoms. The first-order valence-corrected chi connectivity index (χ1v) is 8.99. The van der Waals surface area contributed by atoms with Crippen LogP contribution in [0.15, 0.2) is 71.4 Å². The maximum atomic E-state index is 5.32. The standard InChI is InChI=1S/C22H25N3O/c1-18(9-8-15-23-26-17-20-10-4-3-5-11-20)14-16-25-19(2)24-21-12-6-7-13-22(21)25/h3-7,10-15H,8-9,16-17H2,1-2H3/b18-14+,23-15-. The van der Waals surface area contributed by atoms with Crippen LogP contribution in [0.3, 0.4) is 0 Å². The molecule has 26 heavy (non-hydrogen) atoms. The molecule has 0 aliphatic carbocycles. The van der Waals surface area contributed by atoms with Gasteiger partial charge in [0, 0.05) is 12.8 Å². The average Bonchev–Trinajstić information content (AvgIpc) is 2.99. The zero-order chi connectivity index (χ0) is 18.2. The van der Waals surface area contributed by atoms with Crippen LogP contribution in [0.25, 0.3) is 11.0 Å². The maximum Gasteiger partial charge on any atom is 0.142 e. The fourth-order valence-corrected chi connectivity index (χ4v) is 2.86. The first-order valence-electron chi connectivity index (χ1n) is 8.99. The molecule has 0 saturated carbocycles. The minimum Gasteiger partial charge on any atom is -0.391 e. The predicted molar refractivity (Wildman–Crippen MR) is 107 cm³/mol. The fraction of sp³-hybridized carbons (Fsp3) is 0.273. The Kier molecular flexibility index (Phi) is 6.20. The van der Waals surface area contributed by atoms with Crippen molar-refractivity contribution in [3.05, 3.63) is 77.6 Å². The number of benzene rings is 2. The smallest absolute Gasteiger partial charge is 0.142 e. The molecule has 0 aliphatic rings. The van der Waals surface area contributed by atoms with Crippen LogP contribution < -0.4 is 0 Å². The topological polar surface area (TPSA) is 39.4 Å². The second kappa shape index (κ2) is 8.99. The maximum absolute atomic E-state index is 5.32. The number of oxime groups is 1. The van der Waals surface area contributed by atoms with Gasteiger partial charge in [0.2, 0.25) is 0 Å². The number of para-hydroxylation sites is 2. The van der Waals surface area contributed by atoms with Crippen molar-refractivity contribution in [1.29, 1.82) is 0 Å². The van der Waals surface area contributed by atoms with E-state index in [2.05, 4.69) is 52.8 Å². The molecule has 0 atom stereocenters. The molecule has 4 nitrogen and oxygen atoms in total. The minimum absolute atomic E-state index is 0.513. The van der Waals surface area contributed by atoms with Gasteiger partial charge in [0.25, 0.3) is 0 Å². The second-order valence-corrected chi connectivity index (χ2v) is 6.39. The lowest BCUT2D eigenvalue weighted by atomic mass is 10.1. The number of aryl methyl sites for hydroxylation is 1. The van der Waals surface area contributed by atoms with Gasteiger partial charge in [0.05, 0.1) is 11.0 Å². The Labute approximate surface area is 154 Å². The van der Waals surface area contributed by atoms with Gasteiger partial charge in [-0.15, -0.1) is 0 Å². The summed E-state index contributed by atoms with van der Waals surface area (Å²) in [4.78, 5) is 9.93. The van der Waals surface area contributed by atoms with Gasteiger partial charge in [-0.1, -0.05) is 59.3 Å². The Bertz CT molecular complexity index is 894. The Morgan fingerprint density at radius 1 is 1.12 bits per heavy atom. The summed E-state index contributed by atoms with van der Waals surface area (Å²) in [6.07, 6.45) is 5.96. The third-order valence-electron chi connectivity index (χ3n) is 4.36. The Hall–Kier alpha value is -2.88. The molecule has 0 bridgehead atoms. The molecule has 0 radical (unpaired) electrons. The summed E-state index contributed by atoms with van der Waals surface area (Å²) in [5.41, 5.74) is 4.71. The number of imidazole rings is 1. The van der Waals surface area contributed by atoms with E-state index in [4.69, 9.17) is 4.84 Å². The highest BCUT2D eigenvalue weighted by molar-refractivity contribution is 5.75. The van der Waals surface area contributed by atoms with Crippen molar-refractivity contribution in [1.82, 2.24) is 9.55 Å². The highest BCUT2D eigenvalue weighted by Crippen LogP contribution is 2.16. The molecule has 0 N–H and O–H groups in total. The molecule has 4 heteroatoms. The first kappa shape index (κ1) is 17.9. The van der Waals surface area contributed by atoms with Gasteiger partial charge in [-0.25, -0.2) is 4.98 Å². The van der Waals surface area contributed by atoms with Crippen molar-refractivity contribution in [2.45, 2.75) is 39.8 Å². The molecular formula is C22H25N3O. The van der Waals surface area contributed by atoms with Crippen LogP contribution >= 0.6 is 0 Å². The number of hydrogen-bond donors (Lipinski definition) is 0. The number of rotatable bonds is 8. The lowest BCUT2D eigenvalue weighted by Gasteiger charge is -2.04. The Balaban J connectivity index is 1.45. The van der Waals surface area contributed by atoms with Crippen LogP contribution in [0.2, 0.25) is 0 Å². The van der Waals surface area contributed by atoms with E-state index in [0.29, 0.717) is 6.61 Å². The Morgan fingerprint density at radius 3 is 2.73 bits per heavy atom. The van der Waals surface area contributed by atoms with Crippen LogP contribution in [0.4, 0.5) is 0 Å². The zero-order valence-electron chi connectivity index (χ0n) is 15.4. The normalized spacial score (nSPS) is 12.2. The minimum atomic E-state index is 0.513. The molecule has 2 aromatic carbocycles. The first-order chi connectivity index (χ1) is 12.7. The lowest BCUT2D eigenvalue weighted by Crippen LogP contribution is -1.98. The average molecular weight is 347 g/mol. The SMILES string of the molecule is C/C(=C\Cn1c(C)nc2ccccc21)CC/C=N\OCc1ccccc1. The van der Waals surface area contributed by atoms with E-state index in [1.165, 1.54) is 11.1 Å². The van der Waals surface area contributed by atoms with Gasteiger partial charge in [-0.2, -0.15) is 0 Å². The molecule has 1 aromatic heterocycles. The highest BCUT2D eigenvalue weighted by Gasteiger charge is 2.04. The largest absolute Gasteiger partial charge is 0.391 e. The van der Waals surface area contributed by atoms with Crippen LogP contribution in [-0.4, -0.2) is 15.8 Å². The predicted octanol–water partition coefficient (Wildman–Crippen LogP) is 5.27. The van der Waals surface area contributed by atoms with E-state index in [9.17, 15) is 0 Å². The van der Waals surface area contributed by atoms with Crippen LogP contribution in [0.1, 0.15) is 31.2 Å². The van der Waals surface area contributed by atoms with Crippen LogP contribution in [0, 0.1) is 6.92 Å². The molecule has 0 aliphatic heterocycles. The van der Waals surface area contributed by atoms with E-state index in [1.54, 1.807) is 0 Å². The molecular weight excluding hydrogens is 322 g/mol. The third-order valence-corrected chi connectivity index (χ3v) is 4.36. The number of allylic oxidation sites excluding steroid dienone is 2. The number of hydrogen-bond acceptors (Lipinski definition) is 3. The third kappa shape index (κ3) is 4.82. The quantitative estimate of drug-likeness (QED) is 0.316. The summed E-state index contributed by atoms with van der Waals surface area (Å²) < 4.78 is 2.25. The molecule has 1 heterocycles.